The van der Waals surface area contributed by atoms with Gasteiger partial charge in [-0.15, -0.1) is 0 Å². The SMILES string of the molecule is COc1cc2c(Oc3ccc(CC(=O)C4(C(=O)Nc5ccc(F)cc5)CC4)cc3F)ccnc2cc1OCC1(NC2CCCCC2)CC1. The molecule has 0 aliphatic heterocycles. The van der Waals surface area contributed by atoms with Gasteiger partial charge in [-0.1, -0.05) is 25.3 Å². The van der Waals surface area contributed by atoms with E-state index in [1.165, 1.54) is 68.5 Å². The molecule has 3 fully saturated rings. The minimum absolute atomic E-state index is 0.00428. The number of nitrogens with one attached hydrogen (secondary N) is 2. The van der Waals surface area contributed by atoms with Crippen LogP contribution >= 0.6 is 0 Å². The molecule has 1 heterocycles. The Bertz CT molecular complexity index is 1830. The number of amides is 1. The van der Waals surface area contributed by atoms with E-state index in [0.29, 0.717) is 64.9 Å². The maximum atomic E-state index is 15.4. The van der Waals surface area contributed by atoms with E-state index in [0.717, 1.165) is 12.8 Å². The van der Waals surface area contributed by atoms with Crippen molar-refractivity contribution in [1.29, 1.82) is 0 Å². The van der Waals surface area contributed by atoms with Gasteiger partial charge in [0.1, 0.15) is 23.6 Å². The molecule has 0 radical (unpaired) electrons. The topological polar surface area (TPSA) is 98.8 Å². The average Bonchev–Trinajstić information content (AvgIpc) is 4.03. The molecular weight excluding hydrogens is 616 g/mol. The maximum absolute atomic E-state index is 15.4. The Morgan fingerprint density at radius 3 is 2.33 bits per heavy atom. The van der Waals surface area contributed by atoms with E-state index in [-0.39, 0.29) is 23.5 Å². The van der Waals surface area contributed by atoms with Crippen LogP contribution in [-0.2, 0) is 16.0 Å². The highest BCUT2D eigenvalue weighted by molar-refractivity contribution is 6.14. The summed E-state index contributed by atoms with van der Waals surface area (Å²) in [4.78, 5) is 30.6. The predicted octanol–water partition coefficient (Wildman–Crippen LogP) is 7.68. The van der Waals surface area contributed by atoms with E-state index in [1.807, 2.05) is 6.07 Å². The Morgan fingerprint density at radius 1 is 0.875 bits per heavy atom. The molecule has 48 heavy (non-hydrogen) atoms. The molecule has 0 spiro atoms. The largest absolute Gasteiger partial charge is 0.493 e. The summed E-state index contributed by atoms with van der Waals surface area (Å²) in [5.41, 5.74) is 0.296. The second kappa shape index (κ2) is 13.1. The van der Waals surface area contributed by atoms with E-state index in [1.54, 1.807) is 31.5 Å². The summed E-state index contributed by atoms with van der Waals surface area (Å²) in [5.74, 6) is -0.300. The van der Waals surface area contributed by atoms with Crippen LogP contribution in [0.4, 0.5) is 14.5 Å². The van der Waals surface area contributed by atoms with Crippen LogP contribution in [0.1, 0.15) is 63.4 Å². The maximum Gasteiger partial charge on any atom is 0.238 e. The monoisotopic (exact) mass is 655 g/mol. The van der Waals surface area contributed by atoms with E-state index in [9.17, 15) is 14.0 Å². The van der Waals surface area contributed by atoms with E-state index in [4.69, 9.17) is 14.2 Å². The number of hydrogen-bond acceptors (Lipinski definition) is 7. The Hall–Kier alpha value is -4.57. The van der Waals surface area contributed by atoms with Crippen LogP contribution in [0.2, 0.25) is 0 Å². The summed E-state index contributed by atoms with van der Waals surface area (Å²) < 4.78 is 46.6. The van der Waals surface area contributed by atoms with Crippen molar-refractivity contribution < 1.29 is 32.6 Å². The molecule has 250 valence electrons. The molecule has 2 N–H and O–H groups in total. The van der Waals surface area contributed by atoms with Crippen LogP contribution < -0.4 is 24.8 Å². The lowest BCUT2D eigenvalue weighted by atomic mass is 9.94. The van der Waals surface area contributed by atoms with Gasteiger partial charge >= 0.3 is 0 Å². The second-order valence-electron chi connectivity index (χ2n) is 13.4. The molecule has 0 bridgehead atoms. The van der Waals surface area contributed by atoms with Gasteiger partial charge in [-0.05, 0) is 92.6 Å². The van der Waals surface area contributed by atoms with Crippen molar-refractivity contribution in [2.24, 2.45) is 5.41 Å². The molecule has 0 unspecified atom stereocenters. The summed E-state index contributed by atoms with van der Waals surface area (Å²) in [5, 5.41) is 7.18. The quantitative estimate of drug-likeness (QED) is 0.143. The molecule has 10 heteroatoms. The molecule has 0 saturated heterocycles. The number of nitrogens with zero attached hydrogens (tertiary/aromatic N) is 1. The van der Waals surface area contributed by atoms with Gasteiger partial charge in [-0.2, -0.15) is 0 Å². The number of ether oxygens (including phenoxy) is 3. The average molecular weight is 656 g/mol. The number of methoxy groups -OCH3 is 1. The number of Topliss-reactive ketones (excluding diaryl/α,β-unsaturated/α-hetero) is 1. The highest BCUT2D eigenvalue weighted by atomic mass is 19.1. The molecule has 4 aromatic rings. The third kappa shape index (κ3) is 6.85. The fourth-order valence-corrected chi connectivity index (χ4v) is 6.62. The Labute approximate surface area is 278 Å². The molecule has 0 atom stereocenters. The lowest BCUT2D eigenvalue weighted by Gasteiger charge is -2.28. The van der Waals surface area contributed by atoms with Crippen molar-refractivity contribution >= 4 is 28.3 Å². The number of carbonyl (C=O) groups excluding carboxylic acids is 2. The lowest BCUT2D eigenvalue weighted by molar-refractivity contribution is -0.132. The fraction of sp³-hybridized carbons (Fsp3) is 0.395. The van der Waals surface area contributed by atoms with Crippen LogP contribution in [0.25, 0.3) is 10.9 Å². The van der Waals surface area contributed by atoms with Crippen molar-refractivity contribution in [1.82, 2.24) is 10.3 Å². The van der Waals surface area contributed by atoms with Gasteiger partial charge in [0.25, 0.3) is 0 Å². The molecule has 1 amide bonds. The molecule has 8 nitrogen and oxygen atoms in total. The zero-order chi connectivity index (χ0) is 33.3. The minimum atomic E-state index is -1.16. The first kappa shape index (κ1) is 32.0. The number of rotatable bonds is 13. The molecule has 3 aliphatic rings. The smallest absolute Gasteiger partial charge is 0.238 e. The predicted molar refractivity (Wildman–Crippen MR) is 178 cm³/mol. The summed E-state index contributed by atoms with van der Waals surface area (Å²) in [6.45, 7) is 0.543. The number of hydrogen-bond donors (Lipinski definition) is 2. The summed E-state index contributed by atoms with van der Waals surface area (Å²) in [6.07, 6.45) is 10.8. The van der Waals surface area contributed by atoms with Crippen molar-refractivity contribution in [2.45, 2.75) is 75.8 Å². The second-order valence-corrected chi connectivity index (χ2v) is 13.4. The number of ketones is 1. The molecule has 3 saturated carbocycles. The van der Waals surface area contributed by atoms with E-state index < -0.39 is 23.0 Å². The van der Waals surface area contributed by atoms with E-state index in [2.05, 4.69) is 15.6 Å². The Morgan fingerprint density at radius 2 is 1.65 bits per heavy atom. The normalized spacial score (nSPS) is 17.8. The van der Waals surface area contributed by atoms with Crippen LogP contribution in [0, 0.1) is 17.0 Å². The van der Waals surface area contributed by atoms with Gasteiger partial charge in [-0.3, -0.25) is 14.6 Å². The summed E-state index contributed by atoms with van der Waals surface area (Å²) >= 11 is 0. The highest BCUT2D eigenvalue weighted by Gasteiger charge is 2.55. The number of pyridine rings is 1. The third-order valence-corrected chi connectivity index (χ3v) is 9.86. The molecule has 1 aromatic heterocycles. The van der Waals surface area contributed by atoms with Crippen LogP contribution in [-0.4, -0.2) is 42.0 Å². The van der Waals surface area contributed by atoms with Crippen LogP contribution in [0.3, 0.4) is 0 Å². The van der Waals surface area contributed by atoms with Gasteiger partial charge in [0.2, 0.25) is 5.91 Å². The van der Waals surface area contributed by atoms with Crippen molar-refractivity contribution in [3.63, 3.8) is 0 Å². The number of fused-ring (bicyclic) bond motifs is 1. The van der Waals surface area contributed by atoms with Gasteiger partial charge in [0.15, 0.2) is 28.8 Å². The first-order valence-electron chi connectivity index (χ1n) is 16.7. The molecule has 3 aliphatic carbocycles. The zero-order valence-corrected chi connectivity index (χ0v) is 27.0. The number of aromatic nitrogens is 1. The summed E-state index contributed by atoms with van der Waals surface area (Å²) in [7, 11) is 1.58. The highest BCUT2D eigenvalue weighted by Crippen LogP contribution is 2.48. The number of halogens is 2. The van der Waals surface area contributed by atoms with E-state index >= 15 is 4.39 Å². The number of carbonyl (C=O) groups is 2. The zero-order valence-electron chi connectivity index (χ0n) is 27.0. The Balaban J connectivity index is 1.02. The number of benzene rings is 3. The third-order valence-electron chi connectivity index (χ3n) is 9.86. The first-order chi connectivity index (χ1) is 23.3. The minimum Gasteiger partial charge on any atom is -0.493 e. The Kier molecular flexibility index (Phi) is 8.76. The number of anilines is 1. The van der Waals surface area contributed by atoms with Gasteiger partial charge in [0.05, 0.1) is 18.2 Å². The summed E-state index contributed by atoms with van der Waals surface area (Å²) in [6, 6.07) is 15.5. The lowest BCUT2D eigenvalue weighted by Crippen LogP contribution is -2.44. The van der Waals surface area contributed by atoms with Crippen molar-refractivity contribution in [3.05, 3.63) is 84.1 Å². The first-order valence-corrected chi connectivity index (χ1v) is 16.7. The van der Waals surface area contributed by atoms with Crippen molar-refractivity contribution in [2.75, 3.05) is 19.0 Å². The van der Waals surface area contributed by atoms with Crippen molar-refractivity contribution in [3.8, 4) is 23.0 Å². The standard InChI is InChI=1S/C38H39F2N3O5/c1-46-33-21-28-30(22-34(33)47-23-37(14-15-37)43-27-5-3-2-4-6-27)41-18-13-31(28)48-32-12-7-24(19-29(32)40)20-35(44)38(16-17-38)36(45)42-26-10-8-25(39)9-11-26/h7-13,18-19,21-22,27,43H,2-6,14-17,20,23H2,1H3,(H,42,45). The molecule has 3 aromatic carbocycles. The van der Waals surface area contributed by atoms with Crippen LogP contribution in [0.15, 0.2) is 66.9 Å². The van der Waals surface area contributed by atoms with Gasteiger partial charge < -0.3 is 24.8 Å². The van der Waals surface area contributed by atoms with Gasteiger partial charge in [0, 0.05) is 35.8 Å². The van der Waals surface area contributed by atoms with Gasteiger partial charge in [-0.25, -0.2) is 8.78 Å². The van der Waals surface area contributed by atoms with Crippen LogP contribution in [0.5, 0.6) is 23.0 Å². The molecule has 7 rings (SSSR count). The molecular formula is C38H39F2N3O5. The fourth-order valence-electron chi connectivity index (χ4n) is 6.62.